The summed E-state index contributed by atoms with van der Waals surface area (Å²) in [6, 6.07) is 5.16. The second-order valence-electron chi connectivity index (χ2n) is 4.43. The molecular formula is C12H14N4O2S. The van der Waals surface area contributed by atoms with E-state index in [1.165, 1.54) is 0 Å². The maximum absolute atomic E-state index is 12.2. The summed E-state index contributed by atoms with van der Waals surface area (Å²) in [7, 11) is -3.48. The molecule has 1 aromatic heterocycles. The molecule has 2 aromatic rings. The quantitative estimate of drug-likeness (QED) is 0.774. The van der Waals surface area contributed by atoms with Gasteiger partial charge in [-0.15, -0.1) is 0 Å². The van der Waals surface area contributed by atoms with Crippen LogP contribution in [0.1, 0.15) is 11.1 Å². The van der Waals surface area contributed by atoms with E-state index in [9.17, 15) is 8.42 Å². The van der Waals surface area contributed by atoms with Crippen molar-refractivity contribution in [2.24, 2.45) is 0 Å². The van der Waals surface area contributed by atoms with Gasteiger partial charge >= 0.3 is 0 Å². The largest absolute Gasteiger partial charge is 0.384 e. The predicted octanol–water partition coefficient (Wildman–Crippen LogP) is 0.856. The number of aromatic amines is 1. The Kier molecular flexibility index (Phi) is 3.00. The van der Waals surface area contributed by atoms with Gasteiger partial charge in [0.2, 0.25) is 10.0 Å². The second-order valence-corrected chi connectivity index (χ2v) is 6.19. The first kappa shape index (κ1) is 12.2. The minimum atomic E-state index is -3.48. The van der Waals surface area contributed by atoms with E-state index in [-0.39, 0.29) is 6.54 Å². The molecule has 3 rings (SSSR count). The van der Waals surface area contributed by atoms with Crippen molar-refractivity contribution in [3.63, 3.8) is 0 Å². The Labute approximate surface area is 111 Å². The van der Waals surface area contributed by atoms with Crippen molar-refractivity contribution in [3.05, 3.63) is 41.7 Å². The van der Waals surface area contributed by atoms with Gasteiger partial charge in [0.25, 0.3) is 0 Å². The molecule has 0 saturated carbocycles. The van der Waals surface area contributed by atoms with Gasteiger partial charge in [0, 0.05) is 30.5 Å². The second kappa shape index (κ2) is 4.67. The average molecular weight is 278 g/mol. The molecule has 0 atom stereocenters. The highest BCUT2D eigenvalue weighted by atomic mass is 32.2. The molecule has 0 bridgehead atoms. The van der Waals surface area contributed by atoms with Crippen LogP contribution in [0, 0.1) is 0 Å². The van der Waals surface area contributed by atoms with E-state index in [4.69, 9.17) is 0 Å². The van der Waals surface area contributed by atoms with Gasteiger partial charge in [0.15, 0.2) is 0 Å². The van der Waals surface area contributed by atoms with Crippen LogP contribution in [0.2, 0.25) is 0 Å². The zero-order chi connectivity index (χ0) is 13.3. The number of rotatable bonds is 4. The lowest BCUT2D eigenvalue weighted by Gasteiger charge is -2.07. The highest BCUT2D eigenvalue weighted by Gasteiger charge is 2.18. The molecule has 100 valence electrons. The van der Waals surface area contributed by atoms with Gasteiger partial charge in [-0.05, 0) is 30.2 Å². The van der Waals surface area contributed by atoms with Crippen molar-refractivity contribution in [1.29, 1.82) is 0 Å². The molecule has 0 unspecified atom stereocenters. The van der Waals surface area contributed by atoms with E-state index in [1.807, 2.05) is 6.07 Å². The van der Waals surface area contributed by atoms with Gasteiger partial charge < -0.3 is 5.32 Å². The Balaban J connectivity index is 1.80. The van der Waals surface area contributed by atoms with Crippen molar-refractivity contribution in [2.75, 3.05) is 11.9 Å². The van der Waals surface area contributed by atoms with Gasteiger partial charge in [0.1, 0.15) is 0 Å². The molecule has 0 amide bonds. The van der Waals surface area contributed by atoms with Crippen LogP contribution in [0.25, 0.3) is 0 Å². The third kappa shape index (κ3) is 2.47. The monoisotopic (exact) mass is 278 g/mol. The number of nitrogens with one attached hydrogen (secondary N) is 3. The lowest BCUT2D eigenvalue weighted by atomic mass is 10.2. The maximum Gasteiger partial charge on any atom is 0.240 e. The molecule has 3 N–H and O–H groups in total. The highest BCUT2D eigenvalue weighted by molar-refractivity contribution is 7.89. The van der Waals surface area contributed by atoms with Gasteiger partial charge in [-0.2, -0.15) is 5.10 Å². The fourth-order valence-corrected chi connectivity index (χ4v) is 3.15. The van der Waals surface area contributed by atoms with Crippen LogP contribution in [0.15, 0.2) is 35.5 Å². The summed E-state index contributed by atoms with van der Waals surface area (Å²) in [4.78, 5) is 0.304. The van der Waals surface area contributed by atoms with Gasteiger partial charge in [-0.3, -0.25) is 5.10 Å². The number of hydrogen-bond acceptors (Lipinski definition) is 4. The van der Waals surface area contributed by atoms with Crippen molar-refractivity contribution >= 4 is 15.7 Å². The lowest BCUT2D eigenvalue weighted by molar-refractivity contribution is 0.581. The van der Waals surface area contributed by atoms with E-state index < -0.39 is 10.0 Å². The standard InChI is InChI=1S/C12H14N4O2S/c17-19(18,16-8-9-6-14-15-7-9)11-1-2-12-10(5-11)3-4-13-12/h1-2,5-7,13,16H,3-4,8H2,(H,14,15). The molecular weight excluding hydrogens is 264 g/mol. The van der Waals surface area contributed by atoms with Gasteiger partial charge in [-0.25, -0.2) is 13.1 Å². The minimum absolute atomic E-state index is 0.230. The fourth-order valence-electron chi connectivity index (χ4n) is 2.08. The summed E-state index contributed by atoms with van der Waals surface area (Å²) >= 11 is 0. The Morgan fingerprint density at radius 2 is 2.26 bits per heavy atom. The third-order valence-corrected chi connectivity index (χ3v) is 4.52. The van der Waals surface area contributed by atoms with Crippen molar-refractivity contribution in [3.8, 4) is 0 Å². The molecule has 2 heterocycles. The van der Waals surface area contributed by atoms with E-state index in [0.717, 1.165) is 29.8 Å². The minimum Gasteiger partial charge on any atom is -0.384 e. The highest BCUT2D eigenvalue weighted by Crippen LogP contribution is 2.24. The van der Waals surface area contributed by atoms with Crippen molar-refractivity contribution in [2.45, 2.75) is 17.9 Å². The summed E-state index contributed by atoms with van der Waals surface area (Å²) in [5.41, 5.74) is 2.87. The first-order valence-corrected chi connectivity index (χ1v) is 7.47. The molecule has 7 heteroatoms. The van der Waals surface area contributed by atoms with Crippen LogP contribution in [0.3, 0.4) is 0 Å². The van der Waals surface area contributed by atoms with Crippen LogP contribution < -0.4 is 10.0 Å². The number of H-pyrrole nitrogens is 1. The fraction of sp³-hybridized carbons (Fsp3) is 0.250. The van der Waals surface area contributed by atoms with Crippen molar-refractivity contribution < 1.29 is 8.42 Å². The van der Waals surface area contributed by atoms with E-state index in [0.29, 0.717) is 4.90 Å². The molecule has 1 aliphatic rings. The number of nitrogens with zero attached hydrogens (tertiary/aromatic N) is 1. The maximum atomic E-state index is 12.2. The zero-order valence-corrected chi connectivity index (χ0v) is 11.0. The van der Waals surface area contributed by atoms with Crippen LogP contribution in [0.4, 0.5) is 5.69 Å². The molecule has 0 radical (unpaired) electrons. The molecule has 19 heavy (non-hydrogen) atoms. The SMILES string of the molecule is O=S(=O)(NCc1cn[nH]c1)c1ccc2c(c1)CCN2. The Hall–Kier alpha value is -1.86. The van der Waals surface area contributed by atoms with Gasteiger partial charge in [0.05, 0.1) is 11.1 Å². The molecule has 0 saturated heterocycles. The van der Waals surface area contributed by atoms with Gasteiger partial charge in [-0.1, -0.05) is 0 Å². The van der Waals surface area contributed by atoms with Crippen LogP contribution >= 0.6 is 0 Å². The molecule has 6 nitrogen and oxygen atoms in total. The number of hydrogen-bond donors (Lipinski definition) is 3. The first-order valence-electron chi connectivity index (χ1n) is 5.99. The predicted molar refractivity (Wildman–Crippen MR) is 71.2 cm³/mol. The summed E-state index contributed by atoms with van der Waals surface area (Å²) < 4.78 is 26.9. The Morgan fingerprint density at radius 1 is 1.37 bits per heavy atom. The number of benzene rings is 1. The van der Waals surface area contributed by atoms with Crippen LogP contribution in [-0.2, 0) is 23.0 Å². The summed E-state index contributed by atoms with van der Waals surface area (Å²) in [5, 5.41) is 9.63. The van der Waals surface area contributed by atoms with Crippen LogP contribution in [-0.4, -0.2) is 25.2 Å². The summed E-state index contributed by atoms with van der Waals surface area (Å²) in [6.07, 6.45) is 4.12. The molecule has 0 fully saturated rings. The van der Waals surface area contributed by atoms with E-state index in [2.05, 4.69) is 20.2 Å². The number of sulfonamides is 1. The molecule has 0 aliphatic carbocycles. The summed E-state index contributed by atoms with van der Waals surface area (Å²) in [6.45, 7) is 1.09. The van der Waals surface area contributed by atoms with E-state index >= 15 is 0 Å². The lowest BCUT2D eigenvalue weighted by Crippen LogP contribution is -2.23. The topological polar surface area (TPSA) is 86.9 Å². The third-order valence-electron chi connectivity index (χ3n) is 3.12. The zero-order valence-electron chi connectivity index (χ0n) is 10.2. The normalized spacial score (nSPS) is 14.1. The smallest absolute Gasteiger partial charge is 0.240 e. The average Bonchev–Trinajstić information content (AvgIpc) is 3.06. The van der Waals surface area contributed by atoms with Crippen LogP contribution in [0.5, 0.6) is 0 Å². The Bertz CT molecular complexity index is 680. The molecule has 1 aromatic carbocycles. The molecule has 1 aliphatic heterocycles. The number of aromatic nitrogens is 2. The molecule has 0 spiro atoms. The Morgan fingerprint density at radius 3 is 3.05 bits per heavy atom. The van der Waals surface area contributed by atoms with Crippen molar-refractivity contribution in [1.82, 2.24) is 14.9 Å². The number of fused-ring (bicyclic) bond motifs is 1. The summed E-state index contributed by atoms with van der Waals surface area (Å²) in [5.74, 6) is 0. The first-order chi connectivity index (χ1) is 9.15. The number of anilines is 1. The van der Waals surface area contributed by atoms with E-state index in [1.54, 1.807) is 24.5 Å².